The maximum atomic E-state index is 11.6. The van der Waals surface area contributed by atoms with Crippen molar-refractivity contribution in [2.75, 3.05) is 11.5 Å². The molecule has 1 rings (SSSR count). The Bertz CT molecular complexity index is 380. The van der Waals surface area contributed by atoms with Crippen LogP contribution in [0.15, 0.2) is 18.2 Å². The second kappa shape index (κ2) is 8.14. The lowest BCUT2D eigenvalue weighted by Crippen LogP contribution is -2.25. The van der Waals surface area contributed by atoms with Gasteiger partial charge in [-0.2, -0.15) is 11.8 Å². The van der Waals surface area contributed by atoms with Gasteiger partial charge in [0.25, 0.3) is 0 Å². The Kier molecular flexibility index (Phi) is 6.80. The lowest BCUT2D eigenvalue weighted by molar-refractivity contribution is -0.118. The third kappa shape index (κ3) is 6.64. The molecule has 0 aliphatic carbocycles. The number of pyridine rings is 1. The molecule has 0 aliphatic heterocycles. The van der Waals surface area contributed by atoms with Crippen molar-refractivity contribution in [3.8, 4) is 0 Å². The molecule has 18 heavy (non-hydrogen) atoms. The van der Waals surface area contributed by atoms with Gasteiger partial charge in [0.15, 0.2) is 0 Å². The van der Waals surface area contributed by atoms with Gasteiger partial charge < -0.3 is 5.32 Å². The van der Waals surface area contributed by atoms with Crippen LogP contribution in [0.2, 0.25) is 0 Å². The smallest absolute Gasteiger partial charge is 0.230 e. The van der Waals surface area contributed by atoms with Crippen LogP contribution in [0, 0.1) is 12.8 Å². The summed E-state index contributed by atoms with van der Waals surface area (Å²) in [6.07, 6.45) is 1.16. The van der Waals surface area contributed by atoms with Crippen LogP contribution in [0.3, 0.4) is 0 Å². The van der Waals surface area contributed by atoms with E-state index in [0.29, 0.717) is 18.2 Å². The fraction of sp³-hybridized carbons (Fsp3) is 0.571. The maximum absolute atomic E-state index is 11.6. The van der Waals surface area contributed by atoms with Gasteiger partial charge in [-0.15, -0.1) is 0 Å². The molecule has 1 aromatic rings. The van der Waals surface area contributed by atoms with Crippen LogP contribution in [0.4, 0.5) is 0 Å². The summed E-state index contributed by atoms with van der Waals surface area (Å²) in [4.78, 5) is 15.9. The van der Waals surface area contributed by atoms with E-state index in [2.05, 4.69) is 24.1 Å². The molecule has 0 fully saturated rings. The minimum absolute atomic E-state index is 0.0899. The summed E-state index contributed by atoms with van der Waals surface area (Å²) < 4.78 is 0. The number of aromatic nitrogens is 1. The van der Waals surface area contributed by atoms with Crippen molar-refractivity contribution in [1.82, 2.24) is 10.3 Å². The number of carbonyl (C=O) groups excluding carboxylic acids is 1. The van der Waals surface area contributed by atoms with Gasteiger partial charge in [-0.1, -0.05) is 19.9 Å². The number of hydrogen-bond donors (Lipinski definition) is 1. The van der Waals surface area contributed by atoms with Crippen LogP contribution in [0.25, 0.3) is 0 Å². The summed E-state index contributed by atoms with van der Waals surface area (Å²) in [6, 6.07) is 5.84. The molecule has 100 valence electrons. The third-order valence-corrected chi connectivity index (χ3v) is 3.48. The quantitative estimate of drug-likeness (QED) is 0.772. The van der Waals surface area contributed by atoms with Crippen molar-refractivity contribution in [1.29, 1.82) is 0 Å². The number of rotatable bonds is 7. The molecule has 1 N–H and O–H groups in total. The first-order chi connectivity index (χ1) is 8.58. The molecule has 0 spiro atoms. The molecule has 1 aromatic heterocycles. The Morgan fingerprint density at radius 3 is 2.89 bits per heavy atom. The van der Waals surface area contributed by atoms with Gasteiger partial charge in [0.1, 0.15) is 0 Å². The van der Waals surface area contributed by atoms with E-state index in [9.17, 15) is 4.79 Å². The molecule has 0 aromatic carbocycles. The zero-order valence-electron chi connectivity index (χ0n) is 11.4. The van der Waals surface area contributed by atoms with Crippen molar-refractivity contribution in [2.24, 2.45) is 5.92 Å². The molecule has 1 amide bonds. The number of hydrogen-bond acceptors (Lipinski definition) is 3. The molecule has 0 atom stereocenters. The first-order valence-corrected chi connectivity index (χ1v) is 7.50. The highest BCUT2D eigenvalue weighted by Gasteiger charge is 2.03. The van der Waals surface area contributed by atoms with Gasteiger partial charge >= 0.3 is 0 Å². The van der Waals surface area contributed by atoms with E-state index < -0.39 is 0 Å². The third-order valence-electron chi connectivity index (χ3n) is 2.49. The van der Waals surface area contributed by atoms with Crippen molar-refractivity contribution >= 4 is 17.7 Å². The summed E-state index contributed by atoms with van der Waals surface area (Å²) in [5.74, 6) is 2.39. The Morgan fingerprint density at radius 2 is 2.22 bits per heavy atom. The second-order valence-corrected chi connectivity index (χ2v) is 5.89. The Labute approximate surface area is 114 Å². The van der Waals surface area contributed by atoms with Gasteiger partial charge in [-0.05, 0) is 37.1 Å². The number of nitrogens with one attached hydrogen (secondary N) is 1. The average molecular weight is 266 g/mol. The summed E-state index contributed by atoms with van der Waals surface area (Å²) >= 11 is 1.70. The number of carbonyl (C=O) groups is 1. The number of thioether (sulfide) groups is 1. The fourth-order valence-corrected chi connectivity index (χ4v) is 2.49. The van der Waals surface area contributed by atoms with E-state index in [4.69, 9.17) is 0 Å². The Hall–Kier alpha value is -1.03. The van der Waals surface area contributed by atoms with E-state index in [1.807, 2.05) is 25.1 Å². The van der Waals surface area contributed by atoms with Gasteiger partial charge in [0.2, 0.25) is 5.91 Å². The first-order valence-electron chi connectivity index (χ1n) is 6.35. The molecule has 0 saturated heterocycles. The second-order valence-electron chi connectivity index (χ2n) is 4.78. The van der Waals surface area contributed by atoms with Crippen molar-refractivity contribution in [3.63, 3.8) is 0 Å². The van der Waals surface area contributed by atoms with E-state index in [0.717, 1.165) is 23.6 Å². The van der Waals surface area contributed by atoms with Crippen LogP contribution < -0.4 is 5.32 Å². The fourth-order valence-electron chi connectivity index (χ4n) is 1.42. The lowest BCUT2D eigenvalue weighted by Gasteiger charge is -2.06. The SMILES string of the molecule is Cc1cccc(CNC(=O)CSCCC(C)C)n1. The molecule has 0 radical (unpaired) electrons. The molecule has 3 nitrogen and oxygen atoms in total. The Balaban J connectivity index is 2.17. The summed E-state index contributed by atoms with van der Waals surface area (Å²) in [5.41, 5.74) is 1.89. The predicted octanol–water partition coefficient (Wildman–Crippen LogP) is 2.79. The molecular weight excluding hydrogens is 244 g/mol. The van der Waals surface area contributed by atoms with Crippen LogP contribution >= 0.6 is 11.8 Å². The van der Waals surface area contributed by atoms with Crippen LogP contribution in [0.1, 0.15) is 31.7 Å². The van der Waals surface area contributed by atoms with Crippen molar-refractivity contribution in [3.05, 3.63) is 29.6 Å². The molecular formula is C14H22N2OS. The van der Waals surface area contributed by atoms with E-state index >= 15 is 0 Å². The monoisotopic (exact) mass is 266 g/mol. The van der Waals surface area contributed by atoms with Crippen molar-refractivity contribution in [2.45, 2.75) is 33.7 Å². The van der Waals surface area contributed by atoms with E-state index in [1.165, 1.54) is 0 Å². The van der Waals surface area contributed by atoms with Gasteiger partial charge in [-0.25, -0.2) is 0 Å². The molecule has 0 unspecified atom stereocenters. The lowest BCUT2D eigenvalue weighted by atomic mass is 10.2. The minimum atomic E-state index is 0.0899. The Morgan fingerprint density at radius 1 is 1.44 bits per heavy atom. The van der Waals surface area contributed by atoms with Gasteiger partial charge in [0, 0.05) is 5.69 Å². The zero-order chi connectivity index (χ0) is 13.4. The number of nitrogens with zero attached hydrogens (tertiary/aromatic N) is 1. The van der Waals surface area contributed by atoms with Gasteiger partial charge in [-0.3, -0.25) is 9.78 Å². The highest BCUT2D eigenvalue weighted by Crippen LogP contribution is 2.08. The molecule has 0 saturated carbocycles. The largest absolute Gasteiger partial charge is 0.350 e. The van der Waals surface area contributed by atoms with Crippen LogP contribution in [-0.2, 0) is 11.3 Å². The topological polar surface area (TPSA) is 42.0 Å². The standard InChI is InChI=1S/C14H22N2OS/c1-11(2)7-8-18-10-14(17)15-9-13-6-4-5-12(3)16-13/h4-6,11H,7-10H2,1-3H3,(H,15,17). The number of aryl methyl sites for hydroxylation is 1. The van der Waals surface area contributed by atoms with E-state index in [-0.39, 0.29) is 5.91 Å². The molecule has 4 heteroatoms. The summed E-state index contributed by atoms with van der Waals surface area (Å²) in [5, 5.41) is 2.89. The van der Waals surface area contributed by atoms with E-state index in [1.54, 1.807) is 11.8 Å². The molecule has 0 aliphatic rings. The highest BCUT2D eigenvalue weighted by atomic mass is 32.2. The minimum Gasteiger partial charge on any atom is -0.350 e. The predicted molar refractivity (Wildman–Crippen MR) is 77.6 cm³/mol. The molecule has 0 bridgehead atoms. The van der Waals surface area contributed by atoms with Crippen LogP contribution in [0.5, 0.6) is 0 Å². The average Bonchev–Trinajstić information content (AvgIpc) is 2.32. The highest BCUT2D eigenvalue weighted by molar-refractivity contribution is 7.99. The zero-order valence-corrected chi connectivity index (χ0v) is 12.2. The normalized spacial score (nSPS) is 10.7. The first kappa shape index (κ1) is 15.0. The molecule has 1 heterocycles. The summed E-state index contributed by atoms with van der Waals surface area (Å²) in [6.45, 7) is 6.87. The van der Waals surface area contributed by atoms with Gasteiger partial charge in [0.05, 0.1) is 18.0 Å². The van der Waals surface area contributed by atoms with Crippen molar-refractivity contribution < 1.29 is 4.79 Å². The van der Waals surface area contributed by atoms with Crippen LogP contribution in [-0.4, -0.2) is 22.4 Å². The maximum Gasteiger partial charge on any atom is 0.230 e. The number of amides is 1. The summed E-state index contributed by atoms with van der Waals surface area (Å²) in [7, 11) is 0.